The van der Waals surface area contributed by atoms with Gasteiger partial charge in [0.2, 0.25) is 0 Å². The molecule has 2 bridgehead atoms. The third kappa shape index (κ3) is 0.826. The minimum atomic E-state index is 0.267. The van der Waals surface area contributed by atoms with Crippen molar-refractivity contribution < 1.29 is 0 Å². The molecule has 1 fully saturated rings. The van der Waals surface area contributed by atoms with Gasteiger partial charge in [0.1, 0.15) is 0 Å². The van der Waals surface area contributed by atoms with Crippen molar-refractivity contribution in [3.05, 3.63) is 35.4 Å². The molecule has 3 atom stereocenters. The highest BCUT2D eigenvalue weighted by molar-refractivity contribution is 6.22. The number of alkyl halides is 1. The molecule has 0 saturated heterocycles. The minimum absolute atomic E-state index is 0.267. The predicted octanol–water partition coefficient (Wildman–Crippen LogP) is 3.44. The van der Waals surface area contributed by atoms with E-state index in [-0.39, 0.29) is 5.41 Å². The second kappa shape index (κ2) is 2.30. The summed E-state index contributed by atoms with van der Waals surface area (Å²) in [5.41, 5.74) is 3.33. The summed E-state index contributed by atoms with van der Waals surface area (Å²) in [5, 5.41) is 0.354. The van der Waals surface area contributed by atoms with E-state index in [4.69, 9.17) is 11.6 Å². The molecule has 2 aliphatic carbocycles. The second-order valence-corrected chi connectivity index (χ2v) is 5.14. The van der Waals surface area contributed by atoms with Crippen LogP contribution in [0, 0.1) is 0 Å². The molecule has 0 unspecified atom stereocenters. The van der Waals surface area contributed by atoms with Crippen LogP contribution in [0.5, 0.6) is 0 Å². The van der Waals surface area contributed by atoms with Crippen LogP contribution in [0.1, 0.15) is 36.8 Å². The Morgan fingerprint density at radius 2 is 2.15 bits per heavy atom. The van der Waals surface area contributed by atoms with Gasteiger partial charge in [0.25, 0.3) is 0 Å². The average molecular weight is 193 g/mol. The zero-order valence-corrected chi connectivity index (χ0v) is 8.51. The molecular weight excluding hydrogens is 180 g/mol. The smallest absolute Gasteiger partial charge is 0.0436 e. The molecule has 0 spiro atoms. The summed E-state index contributed by atoms with van der Waals surface area (Å²) in [5.74, 6) is 0.740. The van der Waals surface area contributed by atoms with Gasteiger partial charge < -0.3 is 0 Å². The maximum atomic E-state index is 6.38. The Hall–Kier alpha value is -0.490. The van der Waals surface area contributed by atoms with Crippen molar-refractivity contribution >= 4 is 11.6 Å². The van der Waals surface area contributed by atoms with E-state index in [1.165, 1.54) is 18.4 Å². The van der Waals surface area contributed by atoms with E-state index in [0.717, 1.165) is 5.92 Å². The molecule has 68 valence electrons. The predicted molar refractivity (Wildman–Crippen MR) is 55.4 cm³/mol. The van der Waals surface area contributed by atoms with Crippen LogP contribution < -0.4 is 0 Å². The van der Waals surface area contributed by atoms with Gasteiger partial charge in [-0.1, -0.05) is 31.2 Å². The fourth-order valence-electron chi connectivity index (χ4n) is 3.12. The summed E-state index contributed by atoms with van der Waals surface area (Å²) in [6.45, 7) is 2.32. The highest BCUT2D eigenvalue weighted by Crippen LogP contribution is 2.58. The molecule has 0 N–H and O–H groups in total. The molecule has 0 amide bonds. The molecule has 0 heterocycles. The van der Waals surface area contributed by atoms with E-state index in [1.54, 1.807) is 5.56 Å². The Bertz CT molecular complexity index is 358. The quantitative estimate of drug-likeness (QED) is 0.553. The zero-order valence-electron chi connectivity index (χ0n) is 7.76. The van der Waals surface area contributed by atoms with Gasteiger partial charge in [-0.2, -0.15) is 0 Å². The summed E-state index contributed by atoms with van der Waals surface area (Å²) in [4.78, 5) is 0. The molecule has 0 aliphatic heterocycles. The number of benzene rings is 1. The lowest BCUT2D eigenvalue weighted by Crippen LogP contribution is -2.27. The van der Waals surface area contributed by atoms with Crippen LogP contribution in [0.15, 0.2) is 24.3 Å². The monoisotopic (exact) mass is 192 g/mol. The van der Waals surface area contributed by atoms with E-state index in [1.807, 2.05) is 0 Å². The Labute approximate surface area is 83.9 Å². The van der Waals surface area contributed by atoms with E-state index in [0.29, 0.717) is 5.38 Å². The molecule has 2 aliphatic rings. The molecule has 1 aromatic rings. The van der Waals surface area contributed by atoms with E-state index in [9.17, 15) is 0 Å². The van der Waals surface area contributed by atoms with Crippen molar-refractivity contribution in [2.45, 2.75) is 36.5 Å². The first-order valence-electron chi connectivity index (χ1n) is 4.95. The fourth-order valence-corrected chi connectivity index (χ4v) is 3.54. The van der Waals surface area contributed by atoms with Gasteiger partial charge in [-0.25, -0.2) is 0 Å². The van der Waals surface area contributed by atoms with Gasteiger partial charge in [-0.05, 0) is 29.9 Å². The second-order valence-electron chi connectivity index (χ2n) is 4.61. The number of rotatable bonds is 0. The number of hydrogen-bond donors (Lipinski definition) is 0. The van der Waals surface area contributed by atoms with Crippen molar-refractivity contribution in [2.24, 2.45) is 0 Å². The molecule has 0 nitrogen and oxygen atoms in total. The molecule has 0 aromatic heterocycles. The Balaban J connectivity index is 2.24. The molecule has 1 aromatic carbocycles. The van der Waals surface area contributed by atoms with Crippen LogP contribution in [-0.2, 0) is 5.41 Å². The van der Waals surface area contributed by atoms with E-state index >= 15 is 0 Å². The summed E-state index contributed by atoms with van der Waals surface area (Å²) in [7, 11) is 0. The lowest BCUT2D eigenvalue weighted by molar-refractivity contribution is 0.513. The lowest BCUT2D eigenvalue weighted by Gasteiger charge is -2.28. The number of halogens is 1. The summed E-state index contributed by atoms with van der Waals surface area (Å²) in [6, 6.07) is 8.80. The van der Waals surface area contributed by atoms with Gasteiger partial charge in [0.15, 0.2) is 0 Å². The van der Waals surface area contributed by atoms with E-state index in [2.05, 4.69) is 31.2 Å². The molecule has 1 saturated carbocycles. The van der Waals surface area contributed by atoms with Gasteiger partial charge in [-0.15, -0.1) is 11.6 Å². The molecule has 3 rings (SSSR count). The minimum Gasteiger partial charge on any atom is -0.122 e. The van der Waals surface area contributed by atoms with E-state index < -0.39 is 0 Å². The van der Waals surface area contributed by atoms with Crippen LogP contribution in [0.3, 0.4) is 0 Å². The number of fused-ring (bicyclic) bond motifs is 5. The Kier molecular flexibility index (Phi) is 1.39. The largest absolute Gasteiger partial charge is 0.122 e. The van der Waals surface area contributed by atoms with Crippen LogP contribution in [0.2, 0.25) is 0 Å². The van der Waals surface area contributed by atoms with Gasteiger partial charge in [-0.3, -0.25) is 0 Å². The Morgan fingerprint density at radius 3 is 3.00 bits per heavy atom. The maximum absolute atomic E-state index is 6.38. The van der Waals surface area contributed by atoms with Crippen LogP contribution in [0.4, 0.5) is 0 Å². The standard InChI is InChI=1S/C12H13Cl/c1-12-7-8(6-11(12)13)9-4-2-3-5-10(9)12/h2-5,8,11H,6-7H2,1H3/t8-,11-,12+/m1/s1. The van der Waals surface area contributed by atoms with Crippen LogP contribution in [0.25, 0.3) is 0 Å². The highest BCUT2D eigenvalue weighted by Gasteiger charge is 2.51. The summed E-state index contributed by atoms with van der Waals surface area (Å²) < 4.78 is 0. The normalized spacial score (nSPS) is 40.8. The first-order valence-corrected chi connectivity index (χ1v) is 5.39. The Morgan fingerprint density at radius 1 is 1.38 bits per heavy atom. The van der Waals surface area contributed by atoms with Gasteiger partial charge >= 0.3 is 0 Å². The SMILES string of the molecule is C[C@@]12C[C@@H](C[C@H]1Cl)c1ccccc12. The van der Waals surface area contributed by atoms with Crippen molar-refractivity contribution in [2.75, 3.05) is 0 Å². The molecule has 13 heavy (non-hydrogen) atoms. The average Bonchev–Trinajstić information content (AvgIpc) is 2.57. The van der Waals surface area contributed by atoms with Crippen LogP contribution in [-0.4, -0.2) is 5.38 Å². The third-order valence-corrected chi connectivity index (χ3v) is 4.53. The highest BCUT2D eigenvalue weighted by atomic mass is 35.5. The zero-order chi connectivity index (χ0) is 9.05. The molecule has 1 heteroatoms. The van der Waals surface area contributed by atoms with Crippen LogP contribution >= 0.6 is 11.6 Å². The fraction of sp³-hybridized carbons (Fsp3) is 0.500. The molecule has 0 radical (unpaired) electrons. The third-order valence-electron chi connectivity index (χ3n) is 3.87. The van der Waals surface area contributed by atoms with Crippen molar-refractivity contribution in [3.8, 4) is 0 Å². The van der Waals surface area contributed by atoms with Crippen molar-refractivity contribution in [1.82, 2.24) is 0 Å². The van der Waals surface area contributed by atoms with Gasteiger partial charge in [0.05, 0.1) is 0 Å². The topological polar surface area (TPSA) is 0 Å². The maximum Gasteiger partial charge on any atom is 0.0436 e. The first-order chi connectivity index (χ1) is 6.22. The summed E-state index contributed by atoms with van der Waals surface area (Å²) >= 11 is 6.38. The lowest BCUT2D eigenvalue weighted by atomic mass is 9.81. The van der Waals surface area contributed by atoms with Crippen molar-refractivity contribution in [1.29, 1.82) is 0 Å². The van der Waals surface area contributed by atoms with Gasteiger partial charge in [0, 0.05) is 10.8 Å². The first kappa shape index (κ1) is 7.87. The number of hydrogen-bond acceptors (Lipinski definition) is 0. The molecular formula is C12H13Cl. The summed E-state index contributed by atoms with van der Waals surface area (Å²) in [6.07, 6.45) is 2.44. The van der Waals surface area contributed by atoms with Crippen molar-refractivity contribution in [3.63, 3.8) is 0 Å².